The van der Waals surface area contributed by atoms with Crippen molar-refractivity contribution < 1.29 is 0 Å². The molecule has 2 rings (SSSR count). The van der Waals surface area contributed by atoms with Gasteiger partial charge in [-0.1, -0.05) is 0 Å². The lowest BCUT2D eigenvalue weighted by Gasteiger charge is -2.36. The van der Waals surface area contributed by atoms with Crippen molar-refractivity contribution in [1.29, 1.82) is 0 Å². The highest BCUT2D eigenvalue weighted by molar-refractivity contribution is 4.86. The lowest BCUT2D eigenvalue weighted by molar-refractivity contribution is 0.142. The van der Waals surface area contributed by atoms with Gasteiger partial charge < -0.3 is 10.2 Å². The Bertz CT molecular complexity index is 183. The third-order valence-electron chi connectivity index (χ3n) is 3.74. The van der Waals surface area contributed by atoms with Gasteiger partial charge in [0.25, 0.3) is 0 Å². The molecule has 3 nitrogen and oxygen atoms in total. The highest BCUT2D eigenvalue weighted by atomic mass is 15.3. The second-order valence-corrected chi connectivity index (χ2v) is 4.83. The van der Waals surface area contributed by atoms with Crippen molar-refractivity contribution >= 4 is 0 Å². The Hall–Kier alpha value is -0.120. The molecule has 0 spiro atoms. The molecular formula is C11H23N3. The van der Waals surface area contributed by atoms with Crippen LogP contribution in [-0.2, 0) is 0 Å². The molecule has 2 atom stereocenters. The molecule has 0 amide bonds. The van der Waals surface area contributed by atoms with Crippen molar-refractivity contribution in [3.63, 3.8) is 0 Å². The number of hydrogen-bond acceptors (Lipinski definition) is 3. The summed E-state index contributed by atoms with van der Waals surface area (Å²) in [7, 11) is 4.33. The van der Waals surface area contributed by atoms with Crippen LogP contribution in [0.1, 0.15) is 19.3 Å². The van der Waals surface area contributed by atoms with Gasteiger partial charge in [-0.2, -0.15) is 0 Å². The van der Waals surface area contributed by atoms with Crippen LogP contribution >= 0.6 is 0 Å². The molecule has 14 heavy (non-hydrogen) atoms. The summed E-state index contributed by atoms with van der Waals surface area (Å²) < 4.78 is 0. The maximum absolute atomic E-state index is 3.41. The Morgan fingerprint density at radius 3 is 2.64 bits per heavy atom. The van der Waals surface area contributed by atoms with E-state index >= 15 is 0 Å². The van der Waals surface area contributed by atoms with E-state index in [1.54, 1.807) is 0 Å². The zero-order valence-corrected chi connectivity index (χ0v) is 9.50. The lowest BCUT2D eigenvalue weighted by Crippen LogP contribution is -2.49. The summed E-state index contributed by atoms with van der Waals surface area (Å²) in [6.45, 7) is 5.13. The number of rotatable bonds is 2. The Labute approximate surface area is 87.4 Å². The molecule has 1 N–H and O–H groups in total. The van der Waals surface area contributed by atoms with Gasteiger partial charge in [0.15, 0.2) is 0 Å². The first-order valence-corrected chi connectivity index (χ1v) is 5.89. The van der Waals surface area contributed by atoms with Crippen LogP contribution in [0.25, 0.3) is 0 Å². The second-order valence-electron chi connectivity index (χ2n) is 4.83. The number of likely N-dealkylation sites (tertiary alicyclic amines) is 2. The van der Waals surface area contributed by atoms with Crippen LogP contribution in [0.15, 0.2) is 0 Å². The van der Waals surface area contributed by atoms with E-state index in [2.05, 4.69) is 29.2 Å². The summed E-state index contributed by atoms with van der Waals surface area (Å²) in [6, 6.07) is 1.56. The molecule has 2 aliphatic rings. The molecule has 2 fully saturated rings. The molecule has 2 aliphatic heterocycles. The van der Waals surface area contributed by atoms with E-state index in [-0.39, 0.29) is 0 Å². The average molecular weight is 197 g/mol. The zero-order chi connectivity index (χ0) is 9.97. The van der Waals surface area contributed by atoms with E-state index in [4.69, 9.17) is 0 Å². The van der Waals surface area contributed by atoms with Crippen LogP contribution in [0, 0.1) is 0 Å². The number of nitrogens with zero attached hydrogens (tertiary/aromatic N) is 2. The summed E-state index contributed by atoms with van der Waals surface area (Å²) in [5.41, 5.74) is 0. The fraction of sp³-hybridized carbons (Fsp3) is 1.00. The zero-order valence-electron chi connectivity index (χ0n) is 9.50. The minimum Gasteiger partial charge on any atom is -0.316 e. The fourth-order valence-electron chi connectivity index (χ4n) is 2.78. The van der Waals surface area contributed by atoms with E-state index in [0.717, 1.165) is 12.1 Å². The number of likely N-dealkylation sites (N-methyl/N-ethyl adjacent to an activating group) is 2. The maximum atomic E-state index is 3.41. The van der Waals surface area contributed by atoms with Gasteiger partial charge in [-0.15, -0.1) is 0 Å². The van der Waals surface area contributed by atoms with Crippen LogP contribution in [0.2, 0.25) is 0 Å². The van der Waals surface area contributed by atoms with E-state index in [0.29, 0.717) is 0 Å². The maximum Gasteiger partial charge on any atom is 0.0235 e. The quantitative estimate of drug-likeness (QED) is 0.690. The monoisotopic (exact) mass is 197 g/mol. The van der Waals surface area contributed by atoms with Crippen molar-refractivity contribution in [2.45, 2.75) is 31.3 Å². The van der Waals surface area contributed by atoms with Gasteiger partial charge in [0.2, 0.25) is 0 Å². The number of hydrogen-bond donors (Lipinski definition) is 1. The standard InChI is InChI=1S/C11H23N3/c1-12-10-4-3-6-14(8-10)11-5-7-13(2)9-11/h10-12H,3-9H2,1-2H3. The van der Waals surface area contributed by atoms with Gasteiger partial charge in [-0.05, 0) is 46.4 Å². The SMILES string of the molecule is CNC1CCCN(C2CCN(C)C2)C1. The third kappa shape index (κ3) is 2.27. The smallest absolute Gasteiger partial charge is 0.0235 e. The summed E-state index contributed by atoms with van der Waals surface area (Å²) in [6.07, 6.45) is 4.09. The van der Waals surface area contributed by atoms with Gasteiger partial charge in [0.1, 0.15) is 0 Å². The predicted molar refractivity (Wildman–Crippen MR) is 59.6 cm³/mol. The van der Waals surface area contributed by atoms with Gasteiger partial charge >= 0.3 is 0 Å². The minimum absolute atomic E-state index is 0.731. The number of nitrogens with one attached hydrogen (secondary N) is 1. The molecule has 0 bridgehead atoms. The first-order chi connectivity index (χ1) is 6.79. The Morgan fingerprint density at radius 1 is 1.14 bits per heavy atom. The van der Waals surface area contributed by atoms with Gasteiger partial charge in [0.05, 0.1) is 0 Å². The van der Waals surface area contributed by atoms with Crippen molar-refractivity contribution in [2.75, 3.05) is 40.3 Å². The topological polar surface area (TPSA) is 18.5 Å². The molecule has 0 radical (unpaired) electrons. The van der Waals surface area contributed by atoms with Crippen LogP contribution < -0.4 is 5.32 Å². The molecule has 2 unspecified atom stereocenters. The van der Waals surface area contributed by atoms with Crippen LogP contribution in [-0.4, -0.2) is 62.2 Å². The Kier molecular flexibility index (Phi) is 3.42. The molecule has 3 heteroatoms. The van der Waals surface area contributed by atoms with Crippen molar-refractivity contribution in [3.8, 4) is 0 Å². The minimum atomic E-state index is 0.731. The van der Waals surface area contributed by atoms with Gasteiger partial charge in [0, 0.05) is 25.2 Å². The lowest BCUT2D eigenvalue weighted by atomic mass is 10.0. The second kappa shape index (κ2) is 4.60. The van der Waals surface area contributed by atoms with Crippen molar-refractivity contribution in [3.05, 3.63) is 0 Å². The highest BCUT2D eigenvalue weighted by Crippen LogP contribution is 2.19. The molecule has 0 aromatic rings. The Balaban J connectivity index is 1.84. The molecule has 2 heterocycles. The Morgan fingerprint density at radius 2 is 2.00 bits per heavy atom. The first-order valence-electron chi connectivity index (χ1n) is 5.89. The third-order valence-corrected chi connectivity index (χ3v) is 3.74. The fourth-order valence-corrected chi connectivity index (χ4v) is 2.78. The van der Waals surface area contributed by atoms with E-state index in [1.165, 1.54) is 45.4 Å². The largest absolute Gasteiger partial charge is 0.316 e. The number of piperidine rings is 1. The van der Waals surface area contributed by atoms with Crippen LogP contribution in [0.4, 0.5) is 0 Å². The van der Waals surface area contributed by atoms with Gasteiger partial charge in [-0.3, -0.25) is 4.90 Å². The van der Waals surface area contributed by atoms with Crippen LogP contribution in [0.3, 0.4) is 0 Å². The molecule has 0 aliphatic carbocycles. The van der Waals surface area contributed by atoms with E-state index in [9.17, 15) is 0 Å². The predicted octanol–water partition coefficient (Wildman–Crippen LogP) is 0.374. The molecule has 2 saturated heterocycles. The molecule has 0 saturated carbocycles. The van der Waals surface area contributed by atoms with E-state index in [1.807, 2.05) is 0 Å². The van der Waals surface area contributed by atoms with E-state index < -0.39 is 0 Å². The van der Waals surface area contributed by atoms with Gasteiger partial charge in [-0.25, -0.2) is 0 Å². The summed E-state index contributed by atoms with van der Waals surface area (Å²) in [4.78, 5) is 5.14. The molecular weight excluding hydrogens is 174 g/mol. The summed E-state index contributed by atoms with van der Waals surface area (Å²) in [5.74, 6) is 0. The highest BCUT2D eigenvalue weighted by Gasteiger charge is 2.28. The first kappa shape index (κ1) is 10.4. The normalized spacial score (nSPS) is 36.4. The van der Waals surface area contributed by atoms with Crippen molar-refractivity contribution in [1.82, 2.24) is 15.1 Å². The van der Waals surface area contributed by atoms with Crippen LogP contribution in [0.5, 0.6) is 0 Å². The van der Waals surface area contributed by atoms with Crippen molar-refractivity contribution in [2.24, 2.45) is 0 Å². The average Bonchev–Trinajstić information content (AvgIpc) is 2.65. The molecule has 0 aromatic carbocycles. The summed E-state index contributed by atoms with van der Waals surface area (Å²) >= 11 is 0. The summed E-state index contributed by atoms with van der Waals surface area (Å²) in [5, 5.41) is 3.41. The molecule has 82 valence electrons. The molecule has 0 aromatic heterocycles.